The summed E-state index contributed by atoms with van der Waals surface area (Å²) in [5, 5.41) is 0. The van der Waals surface area contributed by atoms with Crippen LogP contribution in [-0.4, -0.2) is 24.5 Å². The number of aryl methyl sites for hydroxylation is 1. The van der Waals surface area contributed by atoms with Crippen LogP contribution in [0.4, 0.5) is 0 Å². The maximum atomic E-state index is 13.1. The molecule has 2 rings (SSSR count). The average molecular weight is 394 g/mol. The molecule has 1 fully saturated rings. The van der Waals surface area contributed by atoms with Gasteiger partial charge in [0.05, 0.1) is 16.5 Å². The average Bonchev–Trinajstić information content (AvgIpc) is 2.99. The summed E-state index contributed by atoms with van der Waals surface area (Å²) in [4.78, 5) is 6.20. The molecule has 0 bridgehead atoms. The van der Waals surface area contributed by atoms with E-state index in [0.717, 1.165) is 18.4 Å². The Hall–Kier alpha value is -1.17. The molecule has 0 spiro atoms. The highest BCUT2D eigenvalue weighted by molar-refractivity contribution is 7.89. The Morgan fingerprint density at radius 2 is 1.74 bits per heavy atom. The van der Waals surface area contributed by atoms with Crippen LogP contribution in [0.2, 0.25) is 0 Å². The van der Waals surface area contributed by atoms with Gasteiger partial charge in [-0.2, -0.15) is 0 Å². The SMILES string of the molecule is C=CC1(C)CC(CCCCCCCCC)ON1S(=O)(=O)c1ccc(C)cc1. The second-order valence-electron chi connectivity index (χ2n) is 7.95. The van der Waals surface area contributed by atoms with Gasteiger partial charge in [-0.05, 0) is 32.4 Å². The van der Waals surface area contributed by atoms with Gasteiger partial charge in [0, 0.05) is 6.42 Å². The molecule has 0 radical (unpaired) electrons. The van der Waals surface area contributed by atoms with Crippen LogP contribution in [0.5, 0.6) is 0 Å². The molecule has 152 valence electrons. The quantitative estimate of drug-likeness (QED) is 0.354. The van der Waals surface area contributed by atoms with E-state index in [2.05, 4.69) is 13.5 Å². The lowest BCUT2D eigenvalue weighted by atomic mass is 9.94. The van der Waals surface area contributed by atoms with Crippen LogP contribution < -0.4 is 0 Å². The molecule has 0 saturated carbocycles. The minimum absolute atomic E-state index is 0.0798. The highest BCUT2D eigenvalue weighted by Crippen LogP contribution is 2.39. The zero-order valence-electron chi connectivity index (χ0n) is 17.1. The number of unbranched alkanes of at least 4 members (excludes halogenated alkanes) is 6. The van der Waals surface area contributed by atoms with Crippen molar-refractivity contribution in [2.45, 2.75) is 95.1 Å². The lowest BCUT2D eigenvalue weighted by Crippen LogP contribution is -2.42. The molecule has 1 aromatic carbocycles. The number of hydrogen-bond acceptors (Lipinski definition) is 3. The van der Waals surface area contributed by atoms with Crippen molar-refractivity contribution in [2.24, 2.45) is 0 Å². The van der Waals surface area contributed by atoms with E-state index in [9.17, 15) is 8.42 Å². The van der Waals surface area contributed by atoms with Crippen molar-refractivity contribution in [1.29, 1.82) is 0 Å². The summed E-state index contributed by atoms with van der Waals surface area (Å²) in [6.45, 7) is 9.92. The fourth-order valence-electron chi connectivity index (χ4n) is 3.61. The molecule has 2 unspecified atom stereocenters. The Morgan fingerprint density at radius 1 is 1.15 bits per heavy atom. The molecule has 27 heavy (non-hydrogen) atoms. The first-order valence-electron chi connectivity index (χ1n) is 10.3. The van der Waals surface area contributed by atoms with Gasteiger partial charge in [-0.1, -0.05) is 80.1 Å². The fourth-order valence-corrected chi connectivity index (χ4v) is 5.21. The normalized spacial score (nSPS) is 23.6. The predicted octanol–water partition coefficient (Wildman–Crippen LogP) is 5.78. The molecule has 0 N–H and O–H groups in total. The third-order valence-electron chi connectivity index (χ3n) is 5.41. The summed E-state index contributed by atoms with van der Waals surface area (Å²) < 4.78 is 27.4. The molecule has 0 aliphatic carbocycles. The molecular weight excluding hydrogens is 358 g/mol. The zero-order chi connectivity index (χ0) is 19.9. The molecule has 1 aliphatic rings. The van der Waals surface area contributed by atoms with Crippen LogP contribution in [0, 0.1) is 6.92 Å². The lowest BCUT2D eigenvalue weighted by molar-refractivity contribution is -0.103. The molecule has 1 aliphatic heterocycles. The Balaban J connectivity index is 1.96. The molecule has 1 heterocycles. The first-order valence-corrected chi connectivity index (χ1v) is 11.7. The van der Waals surface area contributed by atoms with Crippen molar-refractivity contribution in [1.82, 2.24) is 4.47 Å². The number of hydrogen-bond donors (Lipinski definition) is 0. The minimum atomic E-state index is -3.71. The summed E-state index contributed by atoms with van der Waals surface area (Å²) in [6, 6.07) is 6.90. The highest BCUT2D eigenvalue weighted by atomic mass is 32.2. The van der Waals surface area contributed by atoms with Crippen LogP contribution in [0.15, 0.2) is 41.8 Å². The van der Waals surface area contributed by atoms with Crippen LogP contribution in [0.25, 0.3) is 0 Å². The van der Waals surface area contributed by atoms with Gasteiger partial charge in [-0.25, -0.2) is 8.42 Å². The van der Waals surface area contributed by atoms with E-state index in [1.54, 1.807) is 18.2 Å². The van der Waals surface area contributed by atoms with Gasteiger partial charge in [0.1, 0.15) is 0 Å². The number of benzene rings is 1. The summed E-state index contributed by atoms with van der Waals surface area (Å²) in [6.07, 6.45) is 11.8. The van der Waals surface area contributed by atoms with Crippen molar-refractivity contribution in [2.75, 3.05) is 0 Å². The molecule has 0 amide bonds. The van der Waals surface area contributed by atoms with Gasteiger partial charge in [0.15, 0.2) is 0 Å². The van der Waals surface area contributed by atoms with E-state index in [4.69, 9.17) is 4.84 Å². The number of nitrogens with zero attached hydrogens (tertiary/aromatic N) is 1. The van der Waals surface area contributed by atoms with E-state index >= 15 is 0 Å². The molecule has 4 nitrogen and oxygen atoms in total. The highest BCUT2D eigenvalue weighted by Gasteiger charge is 2.48. The monoisotopic (exact) mass is 393 g/mol. The molecular formula is C22H35NO3S. The summed E-state index contributed by atoms with van der Waals surface area (Å²) in [7, 11) is -3.71. The summed E-state index contributed by atoms with van der Waals surface area (Å²) in [5.41, 5.74) is 0.315. The van der Waals surface area contributed by atoms with Crippen molar-refractivity contribution < 1.29 is 13.3 Å². The van der Waals surface area contributed by atoms with E-state index < -0.39 is 15.6 Å². The molecule has 1 aromatic rings. The second kappa shape index (κ2) is 9.85. The zero-order valence-corrected chi connectivity index (χ0v) is 17.9. The van der Waals surface area contributed by atoms with Crippen LogP contribution >= 0.6 is 0 Å². The first kappa shape index (κ1) is 22.1. The van der Waals surface area contributed by atoms with Gasteiger partial charge in [0.2, 0.25) is 0 Å². The van der Waals surface area contributed by atoms with E-state index in [-0.39, 0.29) is 11.0 Å². The molecule has 2 atom stereocenters. The Bertz CT molecular complexity index is 699. The Labute approximate surface area is 165 Å². The van der Waals surface area contributed by atoms with Crippen molar-refractivity contribution in [3.05, 3.63) is 42.5 Å². The molecule has 0 aromatic heterocycles. The fraction of sp³-hybridized carbons (Fsp3) is 0.636. The summed E-state index contributed by atoms with van der Waals surface area (Å²) in [5.74, 6) is 0. The first-order chi connectivity index (χ1) is 12.8. The Kier molecular flexibility index (Phi) is 8.07. The maximum absolute atomic E-state index is 13.1. The van der Waals surface area contributed by atoms with Crippen LogP contribution in [-0.2, 0) is 14.9 Å². The molecule has 5 heteroatoms. The predicted molar refractivity (Wildman–Crippen MR) is 111 cm³/mol. The van der Waals surface area contributed by atoms with Crippen LogP contribution in [0.1, 0.15) is 77.2 Å². The Morgan fingerprint density at radius 3 is 2.33 bits per heavy atom. The van der Waals surface area contributed by atoms with Gasteiger partial charge in [0.25, 0.3) is 10.0 Å². The van der Waals surface area contributed by atoms with Gasteiger partial charge in [-0.3, -0.25) is 4.84 Å². The molecule has 1 saturated heterocycles. The van der Waals surface area contributed by atoms with Gasteiger partial charge in [-0.15, -0.1) is 6.58 Å². The van der Waals surface area contributed by atoms with Crippen LogP contribution in [0.3, 0.4) is 0 Å². The second-order valence-corrected chi connectivity index (χ2v) is 9.70. The topological polar surface area (TPSA) is 46.6 Å². The van der Waals surface area contributed by atoms with Gasteiger partial charge < -0.3 is 0 Å². The number of rotatable bonds is 11. The lowest BCUT2D eigenvalue weighted by Gasteiger charge is -2.28. The standard InChI is InChI=1S/C22H35NO3S/c1-5-7-8-9-10-11-12-13-20-18-22(4,6-2)23(26-20)27(24,25)21-16-14-19(3)15-17-21/h6,14-17,20H,2,5,7-13,18H2,1,3-4H3. The van der Waals surface area contributed by atoms with Crippen molar-refractivity contribution in [3.63, 3.8) is 0 Å². The smallest absolute Gasteiger partial charge is 0.265 e. The van der Waals surface area contributed by atoms with Crippen molar-refractivity contribution >= 4 is 10.0 Å². The maximum Gasteiger partial charge on any atom is 0.265 e. The number of sulfonamides is 1. The third kappa shape index (κ3) is 5.66. The third-order valence-corrected chi connectivity index (χ3v) is 7.22. The summed E-state index contributed by atoms with van der Waals surface area (Å²) >= 11 is 0. The van der Waals surface area contributed by atoms with E-state index in [1.807, 2.05) is 26.0 Å². The minimum Gasteiger partial charge on any atom is -0.280 e. The number of hydroxylamine groups is 1. The van der Waals surface area contributed by atoms with Crippen molar-refractivity contribution in [3.8, 4) is 0 Å². The van der Waals surface area contributed by atoms with E-state index in [0.29, 0.717) is 6.42 Å². The van der Waals surface area contributed by atoms with E-state index in [1.165, 1.54) is 43.0 Å². The largest absolute Gasteiger partial charge is 0.280 e. The van der Waals surface area contributed by atoms with Gasteiger partial charge >= 0.3 is 0 Å².